The Hall–Kier alpha value is -0.0800. The molecule has 0 atom stereocenters. The first-order valence-corrected chi connectivity index (χ1v) is 4.30. The molecule has 1 rings (SSSR count). The van der Waals surface area contributed by atoms with Crippen molar-refractivity contribution in [1.29, 1.82) is 0 Å². The normalized spacial score (nSPS) is 21.9. The highest BCUT2D eigenvalue weighted by atomic mass is 15.6. The molecule has 0 aromatic heterocycles. The second-order valence-electron chi connectivity index (χ2n) is 2.99. The van der Waals surface area contributed by atoms with Crippen molar-refractivity contribution in [3.63, 3.8) is 0 Å². The third kappa shape index (κ3) is 1.96. The average Bonchev–Trinajstić information content (AvgIpc) is 2.05. The topological polar surface area (TPSA) is 6.48 Å². The van der Waals surface area contributed by atoms with Crippen LogP contribution in [0.1, 0.15) is 26.2 Å². The van der Waals surface area contributed by atoms with Gasteiger partial charge in [-0.3, -0.25) is 0 Å². The van der Waals surface area contributed by atoms with Gasteiger partial charge in [0, 0.05) is 26.7 Å². The number of nitrogens with zero attached hydrogens (tertiary/aromatic N) is 2. The number of hydrazine groups is 1. The molecule has 0 aliphatic carbocycles. The van der Waals surface area contributed by atoms with E-state index >= 15 is 0 Å². The van der Waals surface area contributed by atoms with Crippen LogP contribution < -0.4 is 0 Å². The van der Waals surface area contributed by atoms with Gasteiger partial charge in [-0.2, -0.15) is 0 Å². The van der Waals surface area contributed by atoms with Crippen molar-refractivity contribution in [3.8, 4) is 0 Å². The summed E-state index contributed by atoms with van der Waals surface area (Å²) in [6.07, 6.45) is 4.18. The van der Waals surface area contributed by atoms with Gasteiger partial charge in [0.05, 0.1) is 0 Å². The Morgan fingerprint density at radius 1 is 1.20 bits per heavy atom. The van der Waals surface area contributed by atoms with Gasteiger partial charge in [0.1, 0.15) is 0 Å². The molecule has 1 aliphatic rings. The highest BCUT2D eigenvalue weighted by Crippen LogP contribution is 2.09. The van der Waals surface area contributed by atoms with Gasteiger partial charge in [-0.05, 0) is 12.8 Å². The molecule has 1 saturated heterocycles. The van der Waals surface area contributed by atoms with Crippen LogP contribution in [-0.4, -0.2) is 36.7 Å². The summed E-state index contributed by atoms with van der Waals surface area (Å²) in [6.45, 7) is 5.88. The molecule has 0 N–H and O–H groups in total. The number of rotatable bonds is 2. The van der Waals surface area contributed by atoms with E-state index in [1.807, 2.05) is 0 Å². The highest BCUT2D eigenvalue weighted by molar-refractivity contribution is 4.60. The van der Waals surface area contributed by atoms with Gasteiger partial charge < -0.3 is 0 Å². The van der Waals surface area contributed by atoms with Crippen LogP contribution in [-0.2, 0) is 0 Å². The lowest BCUT2D eigenvalue weighted by atomic mass is 10.2. The minimum Gasteiger partial charge on any atom is -0.245 e. The highest BCUT2D eigenvalue weighted by Gasteiger charge is 2.12. The van der Waals surface area contributed by atoms with E-state index < -0.39 is 0 Å². The molecule has 0 spiro atoms. The molecule has 0 amide bonds. The lowest BCUT2D eigenvalue weighted by Gasteiger charge is -2.33. The molecule has 0 unspecified atom stereocenters. The molecule has 0 saturated carbocycles. The number of hydrogen-bond donors (Lipinski definition) is 0. The van der Waals surface area contributed by atoms with E-state index in [0.717, 1.165) is 6.54 Å². The number of hydrogen-bond acceptors (Lipinski definition) is 2. The third-order valence-electron chi connectivity index (χ3n) is 2.27. The maximum absolute atomic E-state index is 2.45. The van der Waals surface area contributed by atoms with Crippen LogP contribution in [0, 0.1) is 0 Å². The predicted molar refractivity (Wildman–Crippen MR) is 43.7 cm³/mol. The summed E-state index contributed by atoms with van der Waals surface area (Å²) in [5.74, 6) is 0. The standard InChI is InChI=1S/C8H18N2/c1-3-9(2)10-7-5-4-6-8-10/h3-8H2,1-2H3. The SMILES string of the molecule is CCN(C)N1CCCCC1. The van der Waals surface area contributed by atoms with Crippen LogP contribution in [0.25, 0.3) is 0 Å². The van der Waals surface area contributed by atoms with E-state index in [4.69, 9.17) is 0 Å². The molecule has 10 heavy (non-hydrogen) atoms. The maximum atomic E-state index is 2.45. The van der Waals surface area contributed by atoms with E-state index in [1.54, 1.807) is 0 Å². The van der Waals surface area contributed by atoms with Gasteiger partial charge in [-0.1, -0.05) is 13.3 Å². The summed E-state index contributed by atoms with van der Waals surface area (Å²) >= 11 is 0. The van der Waals surface area contributed by atoms with Crippen LogP contribution in [0.15, 0.2) is 0 Å². The fourth-order valence-corrected chi connectivity index (χ4v) is 1.42. The average molecular weight is 142 g/mol. The van der Waals surface area contributed by atoms with E-state index in [2.05, 4.69) is 24.0 Å². The quantitative estimate of drug-likeness (QED) is 0.574. The van der Waals surface area contributed by atoms with Crippen molar-refractivity contribution < 1.29 is 0 Å². The van der Waals surface area contributed by atoms with Crippen molar-refractivity contribution in [1.82, 2.24) is 10.0 Å². The molecule has 2 heteroatoms. The Bertz CT molecular complexity index is 87.3. The van der Waals surface area contributed by atoms with E-state index in [9.17, 15) is 0 Å². The van der Waals surface area contributed by atoms with Crippen LogP contribution in [0.4, 0.5) is 0 Å². The van der Waals surface area contributed by atoms with Crippen molar-refractivity contribution in [2.24, 2.45) is 0 Å². The lowest BCUT2D eigenvalue weighted by molar-refractivity contribution is -0.0117. The van der Waals surface area contributed by atoms with Crippen LogP contribution in [0.3, 0.4) is 0 Å². The summed E-state index contributed by atoms with van der Waals surface area (Å²) in [5, 5.41) is 4.77. The summed E-state index contributed by atoms with van der Waals surface area (Å²) < 4.78 is 0. The molecule has 1 heterocycles. The van der Waals surface area contributed by atoms with Gasteiger partial charge in [0.2, 0.25) is 0 Å². The zero-order chi connectivity index (χ0) is 7.40. The molecule has 1 fully saturated rings. The summed E-state index contributed by atoms with van der Waals surface area (Å²) in [6, 6.07) is 0. The molecule has 60 valence electrons. The molecule has 0 bridgehead atoms. The van der Waals surface area contributed by atoms with Gasteiger partial charge >= 0.3 is 0 Å². The lowest BCUT2D eigenvalue weighted by Crippen LogP contribution is -2.42. The first-order chi connectivity index (χ1) is 4.84. The Labute approximate surface area is 63.8 Å². The monoisotopic (exact) mass is 142 g/mol. The minimum absolute atomic E-state index is 1.14. The molecule has 0 aromatic rings. The van der Waals surface area contributed by atoms with Crippen LogP contribution in [0.2, 0.25) is 0 Å². The predicted octanol–water partition coefficient (Wildman–Crippen LogP) is 1.34. The van der Waals surface area contributed by atoms with Gasteiger partial charge in [0.25, 0.3) is 0 Å². The Kier molecular flexibility index (Phi) is 3.16. The summed E-state index contributed by atoms with van der Waals surface area (Å²) in [5.41, 5.74) is 0. The van der Waals surface area contributed by atoms with E-state index in [1.165, 1.54) is 32.4 Å². The molecule has 0 radical (unpaired) electrons. The van der Waals surface area contributed by atoms with E-state index in [0.29, 0.717) is 0 Å². The van der Waals surface area contributed by atoms with Crippen molar-refractivity contribution >= 4 is 0 Å². The minimum atomic E-state index is 1.14. The molecular formula is C8H18N2. The largest absolute Gasteiger partial charge is 0.245 e. The zero-order valence-electron chi connectivity index (χ0n) is 7.14. The number of piperidine rings is 1. The van der Waals surface area contributed by atoms with Gasteiger partial charge in [-0.25, -0.2) is 10.0 Å². The Morgan fingerprint density at radius 2 is 1.80 bits per heavy atom. The first-order valence-electron chi connectivity index (χ1n) is 4.30. The molecule has 1 aliphatic heterocycles. The fraction of sp³-hybridized carbons (Fsp3) is 1.00. The van der Waals surface area contributed by atoms with Crippen LogP contribution in [0.5, 0.6) is 0 Å². The summed E-state index contributed by atoms with van der Waals surface area (Å²) in [4.78, 5) is 0. The van der Waals surface area contributed by atoms with Crippen molar-refractivity contribution in [2.45, 2.75) is 26.2 Å². The van der Waals surface area contributed by atoms with Gasteiger partial charge in [0.15, 0.2) is 0 Å². The fourth-order valence-electron chi connectivity index (χ4n) is 1.42. The Balaban J connectivity index is 2.24. The van der Waals surface area contributed by atoms with Gasteiger partial charge in [-0.15, -0.1) is 0 Å². The second-order valence-corrected chi connectivity index (χ2v) is 2.99. The maximum Gasteiger partial charge on any atom is 0.0133 e. The van der Waals surface area contributed by atoms with E-state index in [-0.39, 0.29) is 0 Å². The van der Waals surface area contributed by atoms with Crippen LogP contribution >= 0.6 is 0 Å². The third-order valence-corrected chi connectivity index (χ3v) is 2.27. The van der Waals surface area contributed by atoms with Crippen molar-refractivity contribution in [2.75, 3.05) is 26.7 Å². The molecule has 2 nitrogen and oxygen atoms in total. The zero-order valence-corrected chi connectivity index (χ0v) is 7.14. The summed E-state index contributed by atoms with van der Waals surface area (Å²) in [7, 11) is 2.17. The molecular weight excluding hydrogens is 124 g/mol. The smallest absolute Gasteiger partial charge is 0.0133 e. The van der Waals surface area contributed by atoms with Crippen molar-refractivity contribution in [3.05, 3.63) is 0 Å². The molecule has 0 aromatic carbocycles. The Morgan fingerprint density at radius 3 is 2.30 bits per heavy atom. The second kappa shape index (κ2) is 3.94. The first kappa shape index (κ1) is 8.02.